The first-order valence-electron chi connectivity index (χ1n) is 6.81. The number of carbonyl (C=O) groups is 1. The number of nitrogens with zero attached hydrogens (tertiary/aromatic N) is 1. The third kappa shape index (κ3) is 2.19. The maximum atomic E-state index is 12.8. The Bertz CT molecular complexity index is 564. The third-order valence-electron chi connectivity index (χ3n) is 3.63. The highest BCUT2D eigenvalue weighted by Crippen LogP contribution is 2.43. The van der Waals surface area contributed by atoms with Crippen LogP contribution in [0, 0.1) is 0 Å². The highest BCUT2D eigenvalue weighted by molar-refractivity contribution is 8.00. The molecule has 106 valence electrons. The number of aryl methyl sites for hydroxylation is 1. The summed E-state index contributed by atoms with van der Waals surface area (Å²) in [7, 11) is 0. The van der Waals surface area contributed by atoms with Crippen LogP contribution >= 0.6 is 23.1 Å². The number of hydrogen-bond acceptors (Lipinski definition) is 4. The maximum Gasteiger partial charge on any atom is 0.259 e. The number of amides is 1. The SMILES string of the molecule is C=CCS[C@@H]1Nc2sc3c(c2C(=O)N1CC=C)CCC3. The Morgan fingerprint density at radius 1 is 1.40 bits per heavy atom. The van der Waals surface area contributed by atoms with Crippen LogP contribution in [0.1, 0.15) is 27.2 Å². The van der Waals surface area contributed by atoms with E-state index >= 15 is 0 Å². The van der Waals surface area contributed by atoms with Crippen LogP contribution in [-0.4, -0.2) is 28.6 Å². The quantitative estimate of drug-likeness (QED) is 0.845. The van der Waals surface area contributed by atoms with Crippen molar-refractivity contribution in [2.24, 2.45) is 0 Å². The highest BCUT2D eigenvalue weighted by atomic mass is 32.2. The standard InChI is InChI=1S/C15H18N2OS2/c1-3-8-17-14(18)12-10-6-5-7-11(10)20-13(12)16-15(17)19-9-4-2/h3-4,15-16H,1-2,5-9H2/t15-/m1/s1. The fraction of sp³-hybridized carbons (Fsp3) is 0.400. The molecule has 0 unspecified atom stereocenters. The molecule has 3 nitrogen and oxygen atoms in total. The predicted octanol–water partition coefficient (Wildman–Crippen LogP) is 3.49. The summed E-state index contributed by atoms with van der Waals surface area (Å²) in [6.45, 7) is 8.10. The summed E-state index contributed by atoms with van der Waals surface area (Å²) >= 11 is 3.45. The second-order valence-electron chi connectivity index (χ2n) is 4.93. The van der Waals surface area contributed by atoms with E-state index in [0.717, 1.165) is 29.2 Å². The minimum Gasteiger partial charge on any atom is -0.348 e. The van der Waals surface area contributed by atoms with Gasteiger partial charge in [-0.05, 0) is 24.8 Å². The Hall–Kier alpha value is -1.20. The van der Waals surface area contributed by atoms with Crippen LogP contribution in [-0.2, 0) is 12.8 Å². The molecule has 0 spiro atoms. The first kappa shape index (κ1) is 13.8. The molecule has 1 N–H and O–H groups in total. The zero-order chi connectivity index (χ0) is 14.1. The summed E-state index contributed by atoms with van der Waals surface area (Å²) < 4.78 is 0. The van der Waals surface area contributed by atoms with Crippen molar-refractivity contribution in [3.05, 3.63) is 41.3 Å². The van der Waals surface area contributed by atoms with Crippen molar-refractivity contribution >= 4 is 34.0 Å². The smallest absolute Gasteiger partial charge is 0.259 e. The summed E-state index contributed by atoms with van der Waals surface area (Å²) in [6.07, 6.45) is 7.00. The van der Waals surface area contributed by atoms with Gasteiger partial charge in [0.15, 0.2) is 5.50 Å². The first-order valence-corrected chi connectivity index (χ1v) is 8.68. The highest BCUT2D eigenvalue weighted by Gasteiger charge is 2.36. The molecule has 2 aliphatic rings. The van der Waals surface area contributed by atoms with Crippen molar-refractivity contribution in [3.63, 3.8) is 0 Å². The lowest BCUT2D eigenvalue weighted by molar-refractivity contribution is 0.0760. The van der Waals surface area contributed by atoms with Crippen molar-refractivity contribution in [2.75, 3.05) is 17.6 Å². The molecule has 0 aromatic carbocycles. The number of hydrogen-bond donors (Lipinski definition) is 1. The zero-order valence-corrected chi connectivity index (χ0v) is 13.0. The average molecular weight is 306 g/mol. The van der Waals surface area contributed by atoms with Crippen molar-refractivity contribution < 1.29 is 4.79 Å². The molecule has 0 fully saturated rings. The number of rotatable bonds is 5. The van der Waals surface area contributed by atoms with Gasteiger partial charge >= 0.3 is 0 Å². The Balaban J connectivity index is 1.95. The van der Waals surface area contributed by atoms with E-state index in [2.05, 4.69) is 18.5 Å². The first-order chi connectivity index (χ1) is 9.76. The van der Waals surface area contributed by atoms with Gasteiger partial charge in [0.25, 0.3) is 5.91 Å². The van der Waals surface area contributed by atoms with Gasteiger partial charge in [-0.15, -0.1) is 36.3 Å². The summed E-state index contributed by atoms with van der Waals surface area (Å²) in [4.78, 5) is 16.1. The Morgan fingerprint density at radius 2 is 2.25 bits per heavy atom. The van der Waals surface area contributed by atoms with Gasteiger partial charge in [0.05, 0.1) is 5.56 Å². The Morgan fingerprint density at radius 3 is 3.00 bits per heavy atom. The van der Waals surface area contributed by atoms with E-state index in [1.54, 1.807) is 29.2 Å². The van der Waals surface area contributed by atoms with E-state index < -0.39 is 0 Å². The maximum absolute atomic E-state index is 12.8. The topological polar surface area (TPSA) is 32.3 Å². The Labute approximate surface area is 127 Å². The Kier molecular flexibility index (Phi) is 3.89. The second kappa shape index (κ2) is 5.66. The van der Waals surface area contributed by atoms with Gasteiger partial charge in [0.2, 0.25) is 0 Å². The lowest BCUT2D eigenvalue weighted by Gasteiger charge is -2.35. The summed E-state index contributed by atoms with van der Waals surface area (Å²) in [5.74, 6) is 0.971. The molecular formula is C15H18N2OS2. The van der Waals surface area contributed by atoms with Crippen molar-refractivity contribution in [2.45, 2.75) is 24.8 Å². The fourth-order valence-corrected chi connectivity index (χ4v) is 5.04. The van der Waals surface area contributed by atoms with E-state index in [4.69, 9.17) is 0 Å². The van der Waals surface area contributed by atoms with Crippen LogP contribution in [0.3, 0.4) is 0 Å². The third-order valence-corrected chi connectivity index (χ3v) is 5.97. The van der Waals surface area contributed by atoms with Crippen molar-refractivity contribution in [3.8, 4) is 0 Å². The molecule has 1 aromatic rings. The van der Waals surface area contributed by atoms with Crippen LogP contribution in [0.15, 0.2) is 25.3 Å². The lowest BCUT2D eigenvalue weighted by atomic mass is 10.1. The van der Waals surface area contributed by atoms with Crippen LogP contribution in [0.5, 0.6) is 0 Å². The van der Waals surface area contributed by atoms with Gasteiger partial charge in [-0.25, -0.2) is 0 Å². The van der Waals surface area contributed by atoms with Crippen molar-refractivity contribution in [1.29, 1.82) is 0 Å². The van der Waals surface area contributed by atoms with Crippen LogP contribution < -0.4 is 5.32 Å². The number of thiophene rings is 1. The fourth-order valence-electron chi connectivity index (χ4n) is 2.78. The molecule has 1 atom stereocenters. The lowest BCUT2D eigenvalue weighted by Crippen LogP contribution is -2.46. The molecule has 3 rings (SSSR count). The zero-order valence-electron chi connectivity index (χ0n) is 11.4. The number of anilines is 1. The number of carbonyl (C=O) groups excluding carboxylic acids is 1. The number of nitrogens with one attached hydrogen (secondary N) is 1. The minimum absolute atomic E-state index is 0.0234. The van der Waals surface area contributed by atoms with Gasteiger partial charge in [-0.1, -0.05) is 12.2 Å². The van der Waals surface area contributed by atoms with Gasteiger partial charge in [-0.3, -0.25) is 4.79 Å². The number of fused-ring (bicyclic) bond motifs is 3. The average Bonchev–Trinajstić information content (AvgIpc) is 3.00. The van der Waals surface area contributed by atoms with E-state index in [-0.39, 0.29) is 11.4 Å². The van der Waals surface area contributed by atoms with E-state index in [1.807, 2.05) is 11.0 Å². The molecule has 2 heterocycles. The van der Waals surface area contributed by atoms with E-state index in [9.17, 15) is 4.79 Å². The van der Waals surface area contributed by atoms with E-state index in [0.29, 0.717) is 6.54 Å². The number of thioether (sulfide) groups is 1. The molecule has 5 heteroatoms. The molecule has 1 aromatic heterocycles. The molecule has 1 amide bonds. The largest absolute Gasteiger partial charge is 0.348 e. The van der Waals surface area contributed by atoms with Crippen LogP contribution in [0.2, 0.25) is 0 Å². The molecule has 1 aliphatic carbocycles. The molecular weight excluding hydrogens is 288 g/mol. The molecule has 0 radical (unpaired) electrons. The van der Waals surface area contributed by atoms with Crippen molar-refractivity contribution in [1.82, 2.24) is 4.90 Å². The molecule has 0 saturated carbocycles. The van der Waals surface area contributed by atoms with Gasteiger partial charge < -0.3 is 10.2 Å². The van der Waals surface area contributed by atoms with Gasteiger partial charge in [0.1, 0.15) is 5.00 Å². The van der Waals surface area contributed by atoms with Gasteiger partial charge in [0, 0.05) is 17.2 Å². The normalized spacial score (nSPS) is 20.3. The minimum atomic E-state index is -0.0234. The monoisotopic (exact) mass is 306 g/mol. The summed E-state index contributed by atoms with van der Waals surface area (Å²) in [5.41, 5.74) is 2.17. The molecule has 20 heavy (non-hydrogen) atoms. The predicted molar refractivity (Wildman–Crippen MR) is 87.6 cm³/mol. The summed E-state index contributed by atoms with van der Waals surface area (Å²) in [6, 6.07) is 0. The molecule has 0 bridgehead atoms. The molecule has 0 saturated heterocycles. The van der Waals surface area contributed by atoms with Crippen LogP contribution in [0.25, 0.3) is 0 Å². The van der Waals surface area contributed by atoms with Gasteiger partial charge in [-0.2, -0.15) is 0 Å². The van der Waals surface area contributed by atoms with Crippen LogP contribution in [0.4, 0.5) is 5.00 Å². The molecule has 1 aliphatic heterocycles. The second-order valence-corrected chi connectivity index (χ2v) is 7.14. The van der Waals surface area contributed by atoms with E-state index in [1.165, 1.54) is 16.9 Å². The summed E-state index contributed by atoms with van der Waals surface area (Å²) in [5, 5.41) is 4.57.